The predicted molar refractivity (Wildman–Crippen MR) is 98.9 cm³/mol. The molecule has 24 heavy (non-hydrogen) atoms. The second kappa shape index (κ2) is 8.27. The first-order chi connectivity index (χ1) is 11.8. The summed E-state index contributed by atoms with van der Waals surface area (Å²) in [6.07, 6.45) is 7.45. The summed E-state index contributed by atoms with van der Waals surface area (Å²) in [4.78, 5) is 14.0. The summed E-state index contributed by atoms with van der Waals surface area (Å²) in [5.41, 5.74) is 2.93. The number of benzene rings is 1. The van der Waals surface area contributed by atoms with Crippen molar-refractivity contribution in [1.29, 1.82) is 0 Å². The number of ether oxygens (including phenoxy) is 1. The van der Waals surface area contributed by atoms with Crippen LogP contribution in [0.1, 0.15) is 40.7 Å². The van der Waals surface area contributed by atoms with Crippen LogP contribution in [0.2, 0.25) is 0 Å². The Bertz CT molecular complexity index is 700. The smallest absolute Gasteiger partial charge is 0.185 e. The lowest BCUT2D eigenvalue weighted by atomic mass is 10.0. The number of ketones is 1. The van der Waals surface area contributed by atoms with E-state index in [0.717, 1.165) is 29.0 Å². The Morgan fingerprint density at radius 1 is 1.25 bits per heavy atom. The van der Waals surface area contributed by atoms with E-state index in [2.05, 4.69) is 0 Å². The quantitative estimate of drug-likeness (QED) is 0.645. The highest BCUT2D eigenvalue weighted by Crippen LogP contribution is 2.20. The van der Waals surface area contributed by atoms with Crippen molar-refractivity contribution in [2.75, 3.05) is 20.2 Å². The van der Waals surface area contributed by atoms with Crippen LogP contribution in [0, 0.1) is 0 Å². The highest BCUT2D eigenvalue weighted by atomic mass is 32.1. The van der Waals surface area contributed by atoms with Crippen molar-refractivity contribution in [2.45, 2.75) is 25.8 Å². The van der Waals surface area contributed by atoms with Crippen molar-refractivity contribution in [3.8, 4) is 5.75 Å². The number of nitrogens with one attached hydrogen (secondary N) is 1. The van der Waals surface area contributed by atoms with Gasteiger partial charge in [0.05, 0.1) is 20.2 Å². The average Bonchev–Trinajstić information content (AvgIpc) is 3.14. The Hall–Kier alpha value is -1.91. The number of carbonyl (C=O) groups is 1. The first-order valence-corrected chi connectivity index (χ1v) is 9.45. The van der Waals surface area contributed by atoms with Gasteiger partial charge in [0.2, 0.25) is 0 Å². The maximum atomic E-state index is 12.5. The van der Waals surface area contributed by atoms with Gasteiger partial charge in [0.15, 0.2) is 5.78 Å². The van der Waals surface area contributed by atoms with Crippen molar-refractivity contribution in [2.24, 2.45) is 0 Å². The molecule has 1 aliphatic heterocycles. The fourth-order valence-corrected chi connectivity index (χ4v) is 3.83. The van der Waals surface area contributed by atoms with Crippen LogP contribution in [0.15, 0.2) is 41.1 Å². The molecule has 126 valence electrons. The lowest BCUT2D eigenvalue weighted by Gasteiger charge is -2.24. The molecule has 2 heterocycles. The number of thiophene rings is 1. The SMILES string of the molecule is COc1ccc(C(=O)/C=C/c2ccsc2)cc1C[NH+]1CCCCC1. The van der Waals surface area contributed by atoms with Gasteiger partial charge in [0.1, 0.15) is 12.3 Å². The van der Waals surface area contributed by atoms with Gasteiger partial charge in [-0.3, -0.25) is 4.79 Å². The van der Waals surface area contributed by atoms with Gasteiger partial charge in [-0.2, -0.15) is 11.3 Å². The Morgan fingerprint density at radius 3 is 2.79 bits per heavy atom. The fourth-order valence-electron chi connectivity index (χ4n) is 3.21. The van der Waals surface area contributed by atoms with Crippen molar-refractivity contribution < 1.29 is 14.4 Å². The Balaban J connectivity index is 1.76. The van der Waals surface area contributed by atoms with Gasteiger partial charge in [0.25, 0.3) is 0 Å². The third-order valence-corrected chi connectivity index (χ3v) is 5.24. The molecule has 0 spiro atoms. The number of piperidine rings is 1. The third kappa shape index (κ3) is 4.34. The zero-order valence-electron chi connectivity index (χ0n) is 14.1. The lowest BCUT2D eigenvalue weighted by molar-refractivity contribution is -0.918. The van der Waals surface area contributed by atoms with Gasteiger partial charge in [-0.05, 0) is 65.9 Å². The molecule has 3 rings (SSSR count). The van der Waals surface area contributed by atoms with Gasteiger partial charge in [-0.1, -0.05) is 6.08 Å². The molecule has 1 aromatic heterocycles. The number of carbonyl (C=O) groups excluding carboxylic acids is 1. The second-order valence-electron chi connectivity index (χ2n) is 6.27. The number of methoxy groups -OCH3 is 1. The van der Waals surface area contributed by atoms with Crippen LogP contribution in [-0.2, 0) is 6.54 Å². The van der Waals surface area contributed by atoms with Gasteiger partial charge < -0.3 is 9.64 Å². The second-order valence-corrected chi connectivity index (χ2v) is 7.05. The third-order valence-electron chi connectivity index (χ3n) is 4.54. The van der Waals surface area contributed by atoms with Gasteiger partial charge in [-0.25, -0.2) is 0 Å². The maximum Gasteiger partial charge on any atom is 0.185 e. The highest BCUT2D eigenvalue weighted by molar-refractivity contribution is 7.08. The molecule has 1 aromatic carbocycles. The number of likely N-dealkylation sites (tertiary alicyclic amines) is 1. The molecule has 1 aliphatic rings. The fraction of sp³-hybridized carbons (Fsp3) is 0.350. The molecule has 0 aliphatic carbocycles. The number of hydrogen-bond acceptors (Lipinski definition) is 3. The Morgan fingerprint density at radius 2 is 2.08 bits per heavy atom. The number of allylic oxidation sites excluding steroid dienone is 1. The van der Waals surface area contributed by atoms with E-state index in [9.17, 15) is 4.79 Å². The molecule has 1 saturated heterocycles. The van der Waals surface area contributed by atoms with Gasteiger partial charge >= 0.3 is 0 Å². The normalized spacial score (nSPS) is 15.7. The molecule has 0 amide bonds. The van der Waals surface area contributed by atoms with E-state index in [-0.39, 0.29) is 5.78 Å². The van der Waals surface area contributed by atoms with Crippen LogP contribution >= 0.6 is 11.3 Å². The van der Waals surface area contributed by atoms with E-state index in [1.165, 1.54) is 32.4 Å². The maximum absolute atomic E-state index is 12.5. The summed E-state index contributed by atoms with van der Waals surface area (Å²) in [5, 5.41) is 4.04. The molecule has 0 bridgehead atoms. The summed E-state index contributed by atoms with van der Waals surface area (Å²) in [7, 11) is 1.70. The number of quaternary nitrogens is 1. The first kappa shape index (κ1) is 16.9. The van der Waals surface area contributed by atoms with Gasteiger partial charge in [0, 0.05) is 11.1 Å². The van der Waals surface area contributed by atoms with E-state index in [1.54, 1.807) is 29.4 Å². The summed E-state index contributed by atoms with van der Waals surface area (Å²) in [6, 6.07) is 7.78. The minimum atomic E-state index is 0.0405. The van der Waals surface area contributed by atoms with Gasteiger partial charge in [-0.15, -0.1) is 0 Å². The average molecular weight is 342 g/mol. The van der Waals surface area contributed by atoms with Crippen LogP contribution in [0.3, 0.4) is 0 Å². The summed E-state index contributed by atoms with van der Waals surface area (Å²) in [5.74, 6) is 0.921. The standard InChI is InChI=1S/C20H23NO2S/c1-23-20-8-6-17(19(22)7-5-16-9-12-24-15-16)13-18(20)14-21-10-3-2-4-11-21/h5-9,12-13,15H,2-4,10-11,14H2,1H3/p+1/b7-5+. The van der Waals surface area contributed by atoms with Crippen LogP contribution in [0.4, 0.5) is 0 Å². The monoisotopic (exact) mass is 342 g/mol. The van der Waals surface area contributed by atoms with Crippen LogP contribution in [-0.4, -0.2) is 26.0 Å². The zero-order valence-corrected chi connectivity index (χ0v) is 14.9. The van der Waals surface area contributed by atoms with Crippen molar-refractivity contribution in [3.63, 3.8) is 0 Å². The minimum absolute atomic E-state index is 0.0405. The molecule has 0 unspecified atom stereocenters. The van der Waals surface area contributed by atoms with Crippen LogP contribution in [0.5, 0.6) is 5.75 Å². The Labute approximate surface area is 147 Å². The van der Waals surface area contributed by atoms with Crippen LogP contribution in [0.25, 0.3) is 6.08 Å². The first-order valence-electron chi connectivity index (χ1n) is 8.51. The van der Waals surface area contributed by atoms with Crippen molar-refractivity contribution in [1.82, 2.24) is 0 Å². The molecule has 1 N–H and O–H groups in total. The van der Waals surface area contributed by atoms with E-state index < -0.39 is 0 Å². The Kier molecular flexibility index (Phi) is 5.83. The molecular formula is C20H24NO2S+. The molecule has 4 heteroatoms. The summed E-state index contributed by atoms with van der Waals surface area (Å²) in [6.45, 7) is 3.34. The largest absolute Gasteiger partial charge is 0.496 e. The molecule has 0 radical (unpaired) electrons. The molecule has 2 aromatic rings. The lowest BCUT2D eigenvalue weighted by Crippen LogP contribution is -3.11. The molecule has 3 nitrogen and oxygen atoms in total. The minimum Gasteiger partial charge on any atom is -0.496 e. The summed E-state index contributed by atoms with van der Waals surface area (Å²) >= 11 is 1.63. The molecule has 1 fully saturated rings. The van der Waals surface area contributed by atoms with E-state index in [0.29, 0.717) is 0 Å². The van der Waals surface area contributed by atoms with E-state index in [1.807, 2.05) is 41.1 Å². The van der Waals surface area contributed by atoms with E-state index >= 15 is 0 Å². The molecule has 0 saturated carbocycles. The number of hydrogen-bond donors (Lipinski definition) is 1. The number of rotatable bonds is 6. The van der Waals surface area contributed by atoms with Crippen molar-refractivity contribution >= 4 is 23.2 Å². The van der Waals surface area contributed by atoms with Crippen LogP contribution < -0.4 is 9.64 Å². The van der Waals surface area contributed by atoms with Crippen molar-refractivity contribution in [3.05, 3.63) is 57.8 Å². The topological polar surface area (TPSA) is 30.7 Å². The zero-order chi connectivity index (χ0) is 16.8. The highest BCUT2D eigenvalue weighted by Gasteiger charge is 2.17. The van der Waals surface area contributed by atoms with E-state index in [4.69, 9.17) is 4.74 Å². The molecule has 0 atom stereocenters. The predicted octanol–water partition coefficient (Wildman–Crippen LogP) is 3.22. The molecular weight excluding hydrogens is 318 g/mol. The summed E-state index contributed by atoms with van der Waals surface area (Å²) < 4.78 is 5.50.